The van der Waals surface area contributed by atoms with Gasteiger partial charge < -0.3 is 14.2 Å². The molecule has 0 bridgehead atoms. The lowest BCUT2D eigenvalue weighted by Crippen LogP contribution is -2.26. The minimum Gasteiger partial charge on any atom is -0.436 e. The number of imidazole rings is 1. The average molecular weight is 448 g/mol. The first-order chi connectivity index (χ1) is 15.2. The van der Waals surface area contributed by atoms with Gasteiger partial charge in [0.2, 0.25) is 11.7 Å². The number of alkyl halides is 3. The highest BCUT2D eigenvalue weighted by molar-refractivity contribution is 5.94. The predicted molar refractivity (Wildman–Crippen MR) is 108 cm³/mol. The Morgan fingerprint density at radius 3 is 2.62 bits per heavy atom. The molecule has 1 amide bonds. The number of halogens is 4. The molecular weight excluding hydrogens is 428 g/mol. The molecule has 168 valence electrons. The van der Waals surface area contributed by atoms with Gasteiger partial charge in [0.25, 0.3) is 5.91 Å². The molecule has 0 aliphatic carbocycles. The predicted octanol–water partition coefficient (Wildman–Crippen LogP) is 5.42. The number of carbonyl (C=O) groups excluding carboxylic acids is 1. The van der Waals surface area contributed by atoms with Crippen LogP contribution in [0.1, 0.15) is 41.8 Å². The van der Waals surface area contributed by atoms with Crippen LogP contribution in [-0.2, 0) is 12.8 Å². The maximum Gasteiger partial charge on any atom is 0.433 e. The molecule has 1 aliphatic heterocycles. The van der Waals surface area contributed by atoms with E-state index in [1.165, 1.54) is 18.2 Å². The van der Waals surface area contributed by atoms with Crippen molar-refractivity contribution in [2.75, 3.05) is 6.54 Å². The Hall–Kier alpha value is -3.43. The van der Waals surface area contributed by atoms with E-state index in [1.807, 2.05) is 6.92 Å². The fourth-order valence-corrected chi connectivity index (χ4v) is 3.61. The Morgan fingerprint density at radius 1 is 1.16 bits per heavy atom. The molecule has 10 heteroatoms. The van der Waals surface area contributed by atoms with Crippen molar-refractivity contribution in [1.82, 2.24) is 19.4 Å². The van der Waals surface area contributed by atoms with Gasteiger partial charge in [-0.3, -0.25) is 4.79 Å². The smallest absolute Gasteiger partial charge is 0.433 e. The molecule has 0 radical (unpaired) electrons. The van der Waals surface area contributed by atoms with Crippen LogP contribution in [-0.4, -0.2) is 31.9 Å². The van der Waals surface area contributed by atoms with Gasteiger partial charge in [-0.1, -0.05) is 19.4 Å². The van der Waals surface area contributed by atoms with Crippen molar-refractivity contribution in [2.45, 2.75) is 39.5 Å². The van der Waals surface area contributed by atoms with Crippen LogP contribution < -0.4 is 4.74 Å². The zero-order valence-corrected chi connectivity index (χ0v) is 17.4. The fraction of sp³-hybridized carbons (Fsp3) is 0.318. The zero-order valence-electron chi connectivity index (χ0n) is 17.4. The fourth-order valence-electron chi connectivity index (χ4n) is 3.61. The number of nitrogens with zero attached hydrogens (tertiary/aromatic N) is 4. The number of benzene rings is 1. The van der Waals surface area contributed by atoms with Crippen molar-refractivity contribution in [1.29, 1.82) is 0 Å². The lowest BCUT2D eigenvalue weighted by Gasteiger charge is -2.16. The lowest BCUT2D eigenvalue weighted by molar-refractivity contribution is -0.141. The molecule has 0 saturated carbocycles. The minimum atomic E-state index is -4.63. The van der Waals surface area contributed by atoms with E-state index in [9.17, 15) is 22.4 Å². The van der Waals surface area contributed by atoms with E-state index in [4.69, 9.17) is 4.74 Å². The minimum absolute atomic E-state index is 0.163. The van der Waals surface area contributed by atoms with Crippen molar-refractivity contribution in [2.24, 2.45) is 0 Å². The summed E-state index contributed by atoms with van der Waals surface area (Å²) in [6.07, 6.45) is -2.81. The van der Waals surface area contributed by atoms with E-state index in [1.54, 1.807) is 22.5 Å². The van der Waals surface area contributed by atoms with Crippen LogP contribution in [0.2, 0.25) is 0 Å². The Bertz CT molecular complexity index is 1170. The molecule has 3 aromatic rings. The summed E-state index contributed by atoms with van der Waals surface area (Å²) in [6.45, 7) is 4.72. The number of pyridine rings is 1. The topological polar surface area (TPSA) is 60.3 Å². The quantitative estimate of drug-likeness (QED) is 0.473. The Balaban J connectivity index is 1.61. The van der Waals surface area contributed by atoms with E-state index >= 15 is 0 Å². The van der Waals surface area contributed by atoms with Gasteiger partial charge in [-0.2, -0.15) is 13.2 Å². The number of unbranched alkanes of at least 4 members (excludes halogenated alkanes) is 1. The van der Waals surface area contributed by atoms with Gasteiger partial charge >= 0.3 is 6.18 Å². The first kappa shape index (κ1) is 21.8. The van der Waals surface area contributed by atoms with Crippen molar-refractivity contribution in [3.63, 3.8) is 0 Å². The number of hydrogen-bond acceptors (Lipinski definition) is 4. The molecule has 6 nitrogen and oxygen atoms in total. The van der Waals surface area contributed by atoms with Crippen LogP contribution in [0.5, 0.6) is 11.6 Å². The summed E-state index contributed by atoms with van der Waals surface area (Å²) in [6, 6.07) is 7.25. The maximum atomic E-state index is 14.8. The highest BCUT2D eigenvalue weighted by atomic mass is 19.4. The van der Waals surface area contributed by atoms with Gasteiger partial charge in [0.1, 0.15) is 5.69 Å². The number of carbonyl (C=O) groups is 1. The van der Waals surface area contributed by atoms with Crippen LogP contribution in [0, 0.1) is 12.7 Å². The molecule has 4 rings (SSSR count). The molecule has 0 saturated heterocycles. The highest BCUT2D eigenvalue weighted by Gasteiger charge is 2.33. The molecule has 1 aliphatic rings. The van der Waals surface area contributed by atoms with E-state index in [0.29, 0.717) is 36.0 Å². The Labute approximate surface area is 181 Å². The van der Waals surface area contributed by atoms with Crippen LogP contribution in [0.3, 0.4) is 0 Å². The summed E-state index contributed by atoms with van der Waals surface area (Å²) in [5.74, 6) is -1.26. The number of hydrogen-bond donors (Lipinski definition) is 0. The van der Waals surface area contributed by atoms with E-state index < -0.39 is 17.7 Å². The number of aromatic nitrogens is 3. The third kappa shape index (κ3) is 4.04. The molecule has 3 heterocycles. The lowest BCUT2D eigenvalue weighted by atomic mass is 10.1. The SMILES string of the molecule is CCCCN1Cn2c(nc(C)c2-c2ccc(Oc3cccc(C(F)(F)F)n3)c(F)c2)C1=O. The zero-order chi connectivity index (χ0) is 23.0. The number of aryl methyl sites for hydroxylation is 1. The van der Waals surface area contributed by atoms with Gasteiger partial charge in [-0.05, 0) is 37.6 Å². The van der Waals surface area contributed by atoms with Crippen molar-refractivity contribution < 1.29 is 27.1 Å². The van der Waals surface area contributed by atoms with Gasteiger partial charge in [0.05, 0.1) is 18.1 Å². The van der Waals surface area contributed by atoms with Crippen molar-refractivity contribution >= 4 is 5.91 Å². The molecular formula is C22H20F4N4O2. The van der Waals surface area contributed by atoms with Gasteiger partial charge in [-0.15, -0.1) is 0 Å². The second-order valence-corrected chi connectivity index (χ2v) is 7.47. The maximum absolute atomic E-state index is 14.8. The summed E-state index contributed by atoms with van der Waals surface area (Å²) < 4.78 is 60.3. The second kappa shape index (κ2) is 8.25. The molecule has 2 aromatic heterocycles. The van der Waals surface area contributed by atoms with E-state index in [2.05, 4.69) is 9.97 Å². The molecule has 0 fully saturated rings. The van der Waals surface area contributed by atoms with Gasteiger partial charge in [0.15, 0.2) is 11.6 Å². The number of rotatable bonds is 6. The van der Waals surface area contributed by atoms with Crippen LogP contribution in [0.15, 0.2) is 36.4 Å². The van der Waals surface area contributed by atoms with E-state index in [-0.39, 0.29) is 17.5 Å². The monoisotopic (exact) mass is 448 g/mol. The molecule has 0 atom stereocenters. The molecule has 1 aromatic carbocycles. The van der Waals surface area contributed by atoms with Crippen LogP contribution in [0.25, 0.3) is 11.3 Å². The molecule has 32 heavy (non-hydrogen) atoms. The van der Waals surface area contributed by atoms with E-state index in [0.717, 1.165) is 25.0 Å². The van der Waals surface area contributed by atoms with Gasteiger partial charge in [-0.25, -0.2) is 14.4 Å². The number of ether oxygens (including phenoxy) is 1. The van der Waals surface area contributed by atoms with Crippen molar-refractivity contribution in [3.8, 4) is 22.9 Å². The standard InChI is InChI=1S/C22H20F4N4O2/c1-3-4-10-29-12-30-19(13(2)27-20(30)21(29)31)14-8-9-16(15(23)11-14)32-18-7-5-6-17(28-18)22(24,25)26/h5-9,11H,3-4,10,12H2,1-2H3. The summed E-state index contributed by atoms with van der Waals surface area (Å²) >= 11 is 0. The molecule has 0 unspecified atom stereocenters. The third-order valence-electron chi connectivity index (χ3n) is 5.15. The van der Waals surface area contributed by atoms with Crippen LogP contribution in [0.4, 0.5) is 17.6 Å². The summed E-state index contributed by atoms with van der Waals surface area (Å²) in [7, 11) is 0. The summed E-state index contributed by atoms with van der Waals surface area (Å²) in [5.41, 5.74) is 0.536. The second-order valence-electron chi connectivity index (χ2n) is 7.47. The Morgan fingerprint density at radius 2 is 1.94 bits per heavy atom. The normalized spacial score (nSPS) is 13.6. The number of amides is 1. The highest BCUT2D eigenvalue weighted by Crippen LogP contribution is 2.34. The summed E-state index contributed by atoms with van der Waals surface area (Å²) in [5, 5.41) is 0. The largest absolute Gasteiger partial charge is 0.436 e. The third-order valence-corrected chi connectivity index (χ3v) is 5.15. The Kier molecular flexibility index (Phi) is 5.62. The molecule has 0 spiro atoms. The first-order valence-corrected chi connectivity index (χ1v) is 10.1. The number of fused-ring (bicyclic) bond motifs is 1. The van der Waals surface area contributed by atoms with Gasteiger partial charge in [0, 0.05) is 18.2 Å². The average Bonchev–Trinajstić information content (AvgIpc) is 3.22. The molecule has 0 N–H and O–H groups in total. The summed E-state index contributed by atoms with van der Waals surface area (Å²) in [4.78, 5) is 22.0. The first-order valence-electron chi connectivity index (χ1n) is 10.1. The van der Waals surface area contributed by atoms with Crippen molar-refractivity contribution in [3.05, 3.63) is 59.4 Å². The van der Waals surface area contributed by atoms with Crippen LogP contribution >= 0.6 is 0 Å².